The number of hydrogen-bond donors (Lipinski definition) is 1. The molecule has 0 aliphatic rings. The normalized spacial score (nSPS) is 10.7. The summed E-state index contributed by atoms with van der Waals surface area (Å²) in [7, 11) is 0. The fourth-order valence-corrected chi connectivity index (χ4v) is 2.02. The van der Waals surface area contributed by atoms with E-state index in [0.29, 0.717) is 18.1 Å². The third-order valence-electron chi connectivity index (χ3n) is 2.93. The predicted molar refractivity (Wildman–Crippen MR) is 74.6 cm³/mol. The molecule has 2 aromatic rings. The van der Waals surface area contributed by atoms with Gasteiger partial charge < -0.3 is 15.0 Å². The fourth-order valence-electron chi connectivity index (χ4n) is 2.02. The topological polar surface area (TPSA) is 76.9 Å². The summed E-state index contributed by atoms with van der Waals surface area (Å²) in [6.45, 7) is 4.34. The molecule has 0 aliphatic heterocycles. The van der Waals surface area contributed by atoms with Crippen LogP contribution >= 0.6 is 0 Å². The van der Waals surface area contributed by atoms with Gasteiger partial charge in [-0.1, -0.05) is 6.92 Å². The molecule has 2 N–H and O–H groups in total. The predicted octanol–water partition coefficient (Wildman–Crippen LogP) is 2.31. The molecule has 0 radical (unpaired) electrons. The van der Waals surface area contributed by atoms with Crippen molar-refractivity contribution in [3.63, 3.8) is 0 Å². The van der Waals surface area contributed by atoms with Crippen LogP contribution in [0.25, 0.3) is 11.0 Å². The van der Waals surface area contributed by atoms with Gasteiger partial charge in [-0.15, -0.1) is 0 Å². The molecule has 1 heterocycles. The molecular formula is C14H18N4O. The zero-order valence-electron chi connectivity index (χ0n) is 11.1. The number of aryl methyl sites for hydroxylation is 1. The molecule has 1 aromatic heterocycles. The molecule has 0 aliphatic carbocycles. The highest BCUT2D eigenvalue weighted by atomic mass is 16.5. The number of benzene rings is 1. The van der Waals surface area contributed by atoms with E-state index >= 15 is 0 Å². The standard InChI is InChI=1S/C14H18N4O/c1-2-7-19-8-3-6-18-13-9-11(10-15)4-5-12(13)17-14(18)16/h4-5,9H,2-3,6-8H2,1H3,(H2,16,17). The van der Waals surface area contributed by atoms with Gasteiger partial charge in [0, 0.05) is 19.8 Å². The molecule has 2 rings (SSSR count). The number of ether oxygens (including phenoxy) is 1. The average molecular weight is 258 g/mol. The van der Waals surface area contributed by atoms with Gasteiger partial charge in [0.05, 0.1) is 22.7 Å². The van der Waals surface area contributed by atoms with Crippen molar-refractivity contribution >= 4 is 17.0 Å². The highest BCUT2D eigenvalue weighted by Crippen LogP contribution is 2.19. The molecule has 5 nitrogen and oxygen atoms in total. The summed E-state index contributed by atoms with van der Waals surface area (Å²) < 4.78 is 7.39. The number of nitriles is 1. The first-order chi connectivity index (χ1) is 9.26. The van der Waals surface area contributed by atoms with Crippen LogP contribution in [0.4, 0.5) is 5.95 Å². The molecule has 0 fully saturated rings. The molecule has 0 atom stereocenters. The van der Waals surface area contributed by atoms with Gasteiger partial charge in [0.25, 0.3) is 0 Å². The maximum Gasteiger partial charge on any atom is 0.201 e. The lowest BCUT2D eigenvalue weighted by Gasteiger charge is -2.07. The van der Waals surface area contributed by atoms with Crippen molar-refractivity contribution < 1.29 is 4.74 Å². The molecule has 0 unspecified atom stereocenters. The Morgan fingerprint density at radius 2 is 2.26 bits per heavy atom. The minimum Gasteiger partial charge on any atom is -0.381 e. The number of nitrogens with zero attached hydrogens (tertiary/aromatic N) is 3. The van der Waals surface area contributed by atoms with Crippen molar-refractivity contribution in [3.8, 4) is 6.07 Å². The van der Waals surface area contributed by atoms with Crippen LogP contribution in [0.5, 0.6) is 0 Å². The zero-order chi connectivity index (χ0) is 13.7. The van der Waals surface area contributed by atoms with E-state index in [0.717, 1.165) is 37.0 Å². The molecule has 5 heteroatoms. The Morgan fingerprint density at radius 3 is 3.00 bits per heavy atom. The van der Waals surface area contributed by atoms with Crippen molar-refractivity contribution in [2.24, 2.45) is 0 Å². The smallest absolute Gasteiger partial charge is 0.201 e. The summed E-state index contributed by atoms with van der Waals surface area (Å²) in [6, 6.07) is 7.54. The number of nitrogen functional groups attached to an aromatic ring is 1. The van der Waals surface area contributed by atoms with Crippen molar-refractivity contribution in [2.45, 2.75) is 26.3 Å². The van der Waals surface area contributed by atoms with E-state index in [1.165, 1.54) is 0 Å². The summed E-state index contributed by atoms with van der Waals surface area (Å²) in [4.78, 5) is 4.29. The van der Waals surface area contributed by atoms with E-state index in [9.17, 15) is 0 Å². The van der Waals surface area contributed by atoms with E-state index in [4.69, 9.17) is 15.7 Å². The second-order valence-electron chi connectivity index (χ2n) is 4.40. The lowest BCUT2D eigenvalue weighted by Crippen LogP contribution is -2.06. The number of rotatable bonds is 6. The highest BCUT2D eigenvalue weighted by Gasteiger charge is 2.08. The van der Waals surface area contributed by atoms with E-state index < -0.39 is 0 Å². The second-order valence-corrected chi connectivity index (χ2v) is 4.40. The van der Waals surface area contributed by atoms with Gasteiger partial charge in [-0.25, -0.2) is 4.98 Å². The molecule has 0 saturated heterocycles. The quantitative estimate of drug-likeness (QED) is 0.806. The lowest BCUT2D eigenvalue weighted by molar-refractivity contribution is 0.129. The van der Waals surface area contributed by atoms with Gasteiger partial charge in [0.15, 0.2) is 0 Å². The van der Waals surface area contributed by atoms with Gasteiger partial charge in [0.2, 0.25) is 5.95 Å². The third kappa shape index (κ3) is 3.04. The van der Waals surface area contributed by atoms with Crippen molar-refractivity contribution in [1.29, 1.82) is 5.26 Å². The first-order valence-corrected chi connectivity index (χ1v) is 6.50. The minimum atomic E-state index is 0.487. The average Bonchev–Trinajstić information content (AvgIpc) is 2.74. The molecule has 100 valence electrons. The van der Waals surface area contributed by atoms with Crippen LogP contribution in [0.3, 0.4) is 0 Å². The van der Waals surface area contributed by atoms with Crippen LogP contribution in [0.2, 0.25) is 0 Å². The van der Waals surface area contributed by atoms with Crippen LogP contribution in [0.15, 0.2) is 18.2 Å². The summed E-state index contributed by atoms with van der Waals surface area (Å²) in [6.07, 6.45) is 1.91. The Labute approximate surface area is 112 Å². The van der Waals surface area contributed by atoms with Gasteiger partial charge in [-0.3, -0.25) is 0 Å². The molecular weight excluding hydrogens is 240 g/mol. The molecule has 19 heavy (non-hydrogen) atoms. The van der Waals surface area contributed by atoms with E-state index in [1.54, 1.807) is 6.07 Å². The lowest BCUT2D eigenvalue weighted by atomic mass is 10.2. The maximum absolute atomic E-state index is 8.94. The van der Waals surface area contributed by atoms with Gasteiger partial charge in [-0.2, -0.15) is 5.26 Å². The third-order valence-corrected chi connectivity index (χ3v) is 2.93. The molecule has 0 saturated carbocycles. The van der Waals surface area contributed by atoms with Crippen LogP contribution in [-0.2, 0) is 11.3 Å². The number of anilines is 1. The molecule has 0 spiro atoms. The highest BCUT2D eigenvalue weighted by molar-refractivity contribution is 5.79. The maximum atomic E-state index is 8.94. The first kappa shape index (κ1) is 13.4. The van der Waals surface area contributed by atoms with E-state index in [-0.39, 0.29) is 0 Å². The van der Waals surface area contributed by atoms with Crippen molar-refractivity contribution in [2.75, 3.05) is 18.9 Å². The minimum absolute atomic E-state index is 0.487. The van der Waals surface area contributed by atoms with Gasteiger partial charge in [0.1, 0.15) is 0 Å². The summed E-state index contributed by atoms with van der Waals surface area (Å²) in [5.74, 6) is 0.487. The van der Waals surface area contributed by atoms with E-state index in [2.05, 4.69) is 18.0 Å². The second kappa shape index (κ2) is 6.21. The van der Waals surface area contributed by atoms with Crippen molar-refractivity contribution in [3.05, 3.63) is 23.8 Å². The Bertz CT molecular complexity index is 597. The first-order valence-electron chi connectivity index (χ1n) is 6.50. The SMILES string of the molecule is CCCOCCCn1c(N)nc2ccc(C#N)cc21. The Kier molecular flexibility index (Phi) is 4.37. The van der Waals surface area contributed by atoms with Crippen LogP contribution in [0.1, 0.15) is 25.3 Å². The number of fused-ring (bicyclic) bond motifs is 1. The monoisotopic (exact) mass is 258 g/mol. The Hall–Kier alpha value is -2.06. The fraction of sp³-hybridized carbons (Fsp3) is 0.429. The molecule has 1 aromatic carbocycles. The van der Waals surface area contributed by atoms with E-state index in [1.807, 2.05) is 16.7 Å². The number of aromatic nitrogens is 2. The zero-order valence-corrected chi connectivity index (χ0v) is 11.1. The summed E-state index contributed by atoms with van der Waals surface area (Å²) >= 11 is 0. The molecule has 0 bridgehead atoms. The largest absolute Gasteiger partial charge is 0.381 e. The van der Waals surface area contributed by atoms with Crippen LogP contribution in [-0.4, -0.2) is 22.8 Å². The molecule has 0 amide bonds. The Morgan fingerprint density at radius 1 is 1.42 bits per heavy atom. The van der Waals surface area contributed by atoms with Crippen molar-refractivity contribution in [1.82, 2.24) is 9.55 Å². The van der Waals surface area contributed by atoms with Gasteiger partial charge >= 0.3 is 0 Å². The van der Waals surface area contributed by atoms with Gasteiger partial charge in [-0.05, 0) is 31.0 Å². The number of hydrogen-bond acceptors (Lipinski definition) is 4. The number of imidazole rings is 1. The number of nitrogens with two attached hydrogens (primary N) is 1. The van der Waals surface area contributed by atoms with Crippen LogP contribution < -0.4 is 5.73 Å². The van der Waals surface area contributed by atoms with Crippen LogP contribution in [0, 0.1) is 11.3 Å². The Balaban J connectivity index is 2.13. The summed E-state index contributed by atoms with van der Waals surface area (Å²) in [5, 5.41) is 8.94. The summed E-state index contributed by atoms with van der Waals surface area (Å²) in [5.41, 5.74) is 8.27.